The summed E-state index contributed by atoms with van der Waals surface area (Å²) in [6, 6.07) is 5.46. The molecule has 0 atom stereocenters. The van der Waals surface area contributed by atoms with Gasteiger partial charge in [0.1, 0.15) is 0 Å². The van der Waals surface area contributed by atoms with Gasteiger partial charge >= 0.3 is 51.4 Å². The fourth-order valence-electron chi connectivity index (χ4n) is 0.577. The number of pyridine rings is 1. The van der Waals surface area contributed by atoms with Crippen LogP contribution < -0.4 is 51.4 Å². The Morgan fingerprint density at radius 1 is 1.45 bits per heavy atom. The summed E-state index contributed by atoms with van der Waals surface area (Å²) in [6.07, 6.45) is 3.72. The van der Waals surface area contributed by atoms with Crippen LogP contribution in [0.1, 0.15) is 5.69 Å². The number of nitrogens with zero attached hydrogens (tertiary/aromatic N) is 1. The van der Waals surface area contributed by atoms with Crippen molar-refractivity contribution in [1.82, 2.24) is 4.98 Å². The molecule has 1 rings (SSSR count). The third-order valence-corrected chi connectivity index (χ3v) is 0.979. The molecule has 0 aromatic carbocycles. The van der Waals surface area contributed by atoms with Crippen molar-refractivity contribution in [3.63, 3.8) is 0 Å². The van der Waals surface area contributed by atoms with Gasteiger partial charge in [0, 0.05) is 11.9 Å². The molecule has 1 aromatic heterocycles. The van der Waals surface area contributed by atoms with Crippen LogP contribution in [0.4, 0.5) is 0 Å². The minimum absolute atomic E-state index is 0. The first-order valence-corrected chi connectivity index (χ1v) is 2.68. The third-order valence-electron chi connectivity index (χ3n) is 0.979. The molecule has 0 amide bonds. The average molecular weight is 176 g/mol. The standard InChI is InChI=1S/C7H6NO.K.H2O/c9-6-4-7-3-1-2-5-8-7;;/h1-3,5H,4H2;;1H2/q-1;+1;/p-1. The number of hydrogen-bond acceptors (Lipinski definition) is 3. The second-order valence-corrected chi connectivity index (χ2v) is 1.64. The van der Waals surface area contributed by atoms with Gasteiger partial charge in [-0.05, 0) is 12.1 Å². The van der Waals surface area contributed by atoms with Gasteiger partial charge in [-0.2, -0.15) is 0 Å². The Balaban J connectivity index is 0. The Morgan fingerprint density at radius 3 is 2.64 bits per heavy atom. The first-order valence-electron chi connectivity index (χ1n) is 2.68. The number of hydrogen-bond donors (Lipinski definition) is 0. The van der Waals surface area contributed by atoms with E-state index in [0.717, 1.165) is 5.69 Å². The Bertz CT molecular complexity index is 191. The molecule has 3 nitrogen and oxygen atoms in total. The molecule has 0 saturated heterocycles. The van der Waals surface area contributed by atoms with Gasteiger partial charge in [0.25, 0.3) is 0 Å². The van der Waals surface area contributed by atoms with Crippen molar-refractivity contribution in [2.24, 2.45) is 0 Å². The van der Waals surface area contributed by atoms with Crippen molar-refractivity contribution in [3.05, 3.63) is 30.1 Å². The fourth-order valence-corrected chi connectivity index (χ4v) is 0.577. The van der Waals surface area contributed by atoms with Crippen LogP contribution >= 0.6 is 0 Å². The van der Waals surface area contributed by atoms with Crippen molar-refractivity contribution in [1.29, 1.82) is 0 Å². The van der Waals surface area contributed by atoms with E-state index in [4.69, 9.17) is 0 Å². The van der Waals surface area contributed by atoms with Gasteiger partial charge in [0.2, 0.25) is 0 Å². The van der Waals surface area contributed by atoms with E-state index >= 15 is 0 Å². The van der Waals surface area contributed by atoms with Crippen LogP contribution in [-0.4, -0.2) is 16.7 Å². The molecule has 54 valence electrons. The summed E-state index contributed by atoms with van der Waals surface area (Å²) >= 11 is 0. The van der Waals surface area contributed by atoms with Crippen molar-refractivity contribution in [2.45, 2.75) is 6.42 Å². The van der Waals surface area contributed by atoms with Gasteiger partial charge in [-0.1, -0.05) is 6.07 Å². The summed E-state index contributed by atoms with van der Waals surface area (Å²) in [4.78, 5) is 13.7. The first-order chi connectivity index (χ1) is 4.43. The molecule has 0 fully saturated rings. The minimum Gasteiger partial charge on any atom is -0.870 e. The van der Waals surface area contributed by atoms with Gasteiger partial charge in [-0.3, -0.25) is 11.3 Å². The van der Waals surface area contributed by atoms with Gasteiger partial charge < -0.3 is 10.3 Å². The number of carbonyl (C=O) groups excluding carboxylic acids is 1. The van der Waals surface area contributed by atoms with Crippen LogP contribution in [-0.2, 0) is 11.2 Å². The van der Waals surface area contributed by atoms with E-state index in [9.17, 15) is 4.79 Å². The summed E-state index contributed by atoms with van der Waals surface area (Å²) in [6.45, 7) is 0. The van der Waals surface area contributed by atoms with Crippen LogP contribution in [0.3, 0.4) is 0 Å². The molecule has 0 aliphatic heterocycles. The first kappa shape index (κ1) is 14.0. The van der Waals surface area contributed by atoms with Crippen molar-refractivity contribution >= 4 is 6.29 Å². The van der Waals surface area contributed by atoms with Crippen LogP contribution in [0.5, 0.6) is 0 Å². The summed E-state index contributed by atoms with van der Waals surface area (Å²) in [7, 11) is 0. The van der Waals surface area contributed by atoms with E-state index in [-0.39, 0.29) is 56.9 Å². The second-order valence-electron chi connectivity index (χ2n) is 1.64. The summed E-state index contributed by atoms with van der Waals surface area (Å²) in [5.74, 6) is 0. The topological polar surface area (TPSA) is 60.0 Å². The molecule has 0 radical (unpaired) electrons. The maximum Gasteiger partial charge on any atom is 1.00 e. The summed E-state index contributed by atoms with van der Waals surface area (Å²) in [5, 5.41) is 0. The smallest absolute Gasteiger partial charge is 0.870 e. The predicted molar refractivity (Wildman–Crippen MR) is 35.6 cm³/mol. The van der Waals surface area contributed by atoms with E-state index in [1.807, 2.05) is 12.1 Å². The number of rotatable bonds is 2. The molecular weight excluding hydrogens is 169 g/mol. The van der Waals surface area contributed by atoms with E-state index in [1.54, 1.807) is 18.5 Å². The van der Waals surface area contributed by atoms with E-state index in [1.165, 1.54) is 0 Å². The van der Waals surface area contributed by atoms with Crippen LogP contribution in [0.15, 0.2) is 24.4 Å². The minimum atomic E-state index is 0. The Kier molecular flexibility index (Phi) is 10.8. The zero-order valence-corrected chi connectivity index (χ0v) is 9.44. The number of aromatic nitrogens is 1. The molecule has 0 aliphatic rings. The predicted octanol–water partition coefficient (Wildman–Crippen LogP) is -2.44. The van der Waals surface area contributed by atoms with E-state index < -0.39 is 0 Å². The van der Waals surface area contributed by atoms with Crippen LogP contribution in [0, 0.1) is 0 Å². The molecule has 0 saturated carbocycles. The zero-order valence-electron chi connectivity index (χ0n) is 6.32. The maximum absolute atomic E-state index is 9.81. The molecule has 1 heterocycles. The Hall–Kier alpha value is 0.416. The normalized spacial score (nSPS) is 7.27. The van der Waals surface area contributed by atoms with E-state index in [2.05, 4.69) is 4.98 Å². The van der Waals surface area contributed by atoms with Gasteiger partial charge in [0.05, 0.1) is 0 Å². The third kappa shape index (κ3) is 5.66. The molecule has 1 aromatic rings. The molecule has 11 heavy (non-hydrogen) atoms. The van der Waals surface area contributed by atoms with Crippen molar-refractivity contribution < 1.29 is 61.7 Å². The Labute approximate surface area is 108 Å². The molecule has 0 unspecified atom stereocenters. The Morgan fingerprint density at radius 2 is 2.18 bits per heavy atom. The molecule has 0 aliphatic carbocycles. The average Bonchev–Trinajstić information content (AvgIpc) is 1.91. The second kappa shape index (κ2) is 8.51. The zero-order chi connectivity index (χ0) is 6.53. The maximum atomic E-state index is 9.81. The molecule has 1 N–H and O–H groups in total. The largest absolute Gasteiger partial charge is 1.00 e. The van der Waals surface area contributed by atoms with Gasteiger partial charge in [-0.15, -0.1) is 6.42 Å². The van der Waals surface area contributed by atoms with Crippen molar-refractivity contribution in [2.75, 3.05) is 0 Å². The van der Waals surface area contributed by atoms with Gasteiger partial charge in [0.15, 0.2) is 0 Å². The quantitative estimate of drug-likeness (QED) is 0.371. The fraction of sp³-hybridized carbons (Fsp3) is 0.143. The summed E-state index contributed by atoms with van der Waals surface area (Å²) < 4.78 is 0. The van der Waals surface area contributed by atoms with Crippen molar-refractivity contribution in [3.8, 4) is 0 Å². The van der Waals surface area contributed by atoms with E-state index in [0.29, 0.717) is 6.42 Å². The van der Waals surface area contributed by atoms with Crippen LogP contribution in [0.25, 0.3) is 0 Å². The molecule has 4 heteroatoms. The molecule has 0 spiro atoms. The monoisotopic (exact) mass is 176 g/mol. The SMILES string of the molecule is O=[C-]Cc1ccccn1.[K+].[OH-]. The molecule has 0 bridgehead atoms. The summed E-state index contributed by atoms with van der Waals surface area (Å²) in [5.41, 5.74) is 0.771. The molecular formula is C7H7KNO2-. The van der Waals surface area contributed by atoms with Crippen LogP contribution in [0.2, 0.25) is 0 Å². The van der Waals surface area contributed by atoms with Gasteiger partial charge in [-0.25, -0.2) is 0 Å².